The van der Waals surface area contributed by atoms with Crippen LogP contribution in [-0.2, 0) is 11.2 Å². The van der Waals surface area contributed by atoms with Gasteiger partial charge in [0.15, 0.2) is 5.65 Å². The number of hydrogen-bond donors (Lipinski definition) is 0. The van der Waals surface area contributed by atoms with Crippen molar-refractivity contribution in [3.05, 3.63) is 77.5 Å². The van der Waals surface area contributed by atoms with Crippen molar-refractivity contribution in [2.24, 2.45) is 5.41 Å². The van der Waals surface area contributed by atoms with Crippen molar-refractivity contribution >= 4 is 22.8 Å². The number of aromatic nitrogens is 4. The van der Waals surface area contributed by atoms with Gasteiger partial charge in [0, 0.05) is 39.0 Å². The second-order valence-corrected chi connectivity index (χ2v) is 11.3. The van der Waals surface area contributed by atoms with Crippen LogP contribution in [-0.4, -0.2) is 56.7 Å². The summed E-state index contributed by atoms with van der Waals surface area (Å²) in [7, 11) is 0. The van der Waals surface area contributed by atoms with Gasteiger partial charge in [-0.15, -0.1) is 0 Å². The van der Waals surface area contributed by atoms with Gasteiger partial charge in [0.1, 0.15) is 17.5 Å². The second-order valence-electron chi connectivity index (χ2n) is 11.3. The summed E-state index contributed by atoms with van der Waals surface area (Å²) >= 11 is 0. The highest BCUT2D eigenvalue weighted by molar-refractivity contribution is 5.91. The van der Waals surface area contributed by atoms with E-state index < -0.39 is 0 Å². The highest BCUT2D eigenvalue weighted by Crippen LogP contribution is 2.30. The molecule has 3 heterocycles. The molecule has 4 aromatic rings. The molecule has 2 aromatic carbocycles. The van der Waals surface area contributed by atoms with E-state index in [4.69, 9.17) is 15.1 Å². The van der Waals surface area contributed by atoms with Gasteiger partial charge in [-0.25, -0.2) is 19.0 Å². The smallest absolute Gasteiger partial charge is 0.223 e. The van der Waals surface area contributed by atoms with Gasteiger partial charge in [0.05, 0.1) is 16.8 Å². The summed E-state index contributed by atoms with van der Waals surface area (Å²) in [6.07, 6.45) is 1.98. The molecule has 0 aliphatic carbocycles. The quantitative estimate of drug-likeness (QED) is 0.360. The molecule has 7 nitrogen and oxygen atoms in total. The summed E-state index contributed by atoms with van der Waals surface area (Å²) in [5.74, 6) is 1.46. The van der Waals surface area contributed by atoms with Gasteiger partial charge < -0.3 is 9.80 Å². The minimum Gasteiger partial charge on any atom is -0.354 e. The third-order valence-electron chi connectivity index (χ3n) is 6.84. The van der Waals surface area contributed by atoms with Gasteiger partial charge in [-0.3, -0.25) is 4.79 Å². The average molecular weight is 515 g/mol. The number of carbonyl (C=O) groups excluding carboxylic acids is 1. The second kappa shape index (κ2) is 10.5. The third kappa shape index (κ3) is 5.69. The Labute approximate surface area is 223 Å². The fourth-order valence-electron chi connectivity index (χ4n) is 5.00. The maximum Gasteiger partial charge on any atom is 0.223 e. The van der Waals surface area contributed by atoms with E-state index in [0.717, 1.165) is 47.7 Å². The Bertz CT molecular complexity index is 1430. The largest absolute Gasteiger partial charge is 0.354 e. The van der Waals surface area contributed by atoms with Crippen LogP contribution < -0.4 is 4.90 Å². The molecule has 1 amide bonds. The topological polar surface area (TPSA) is 67.2 Å². The Morgan fingerprint density at radius 1 is 0.947 bits per heavy atom. The summed E-state index contributed by atoms with van der Waals surface area (Å²) in [4.78, 5) is 27.2. The zero-order chi connectivity index (χ0) is 26.9. The van der Waals surface area contributed by atoms with E-state index in [9.17, 15) is 9.18 Å². The summed E-state index contributed by atoms with van der Waals surface area (Å²) in [6.45, 7) is 11.1. The van der Waals surface area contributed by atoms with Gasteiger partial charge >= 0.3 is 0 Å². The summed E-state index contributed by atoms with van der Waals surface area (Å²) in [5.41, 5.74) is 3.34. The van der Waals surface area contributed by atoms with E-state index in [1.165, 1.54) is 12.1 Å². The summed E-state index contributed by atoms with van der Waals surface area (Å²) in [5, 5.41) is 5.69. The van der Waals surface area contributed by atoms with Gasteiger partial charge in [-0.1, -0.05) is 51.1 Å². The van der Waals surface area contributed by atoms with Crippen LogP contribution in [0.15, 0.2) is 54.6 Å². The molecule has 1 fully saturated rings. The molecule has 0 atom stereocenters. The first-order chi connectivity index (χ1) is 18.2. The van der Waals surface area contributed by atoms with Crippen LogP contribution in [0.3, 0.4) is 0 Å². The maximum atomic E-state index is 13.7. The number of hydrogen-bond acceptors (Lipinski definition) is 5. The molecule has 2 aromatic heterocycles. The molecule has 1 aliphatic heterocycles. The molecule has 5 rings (SSSR count). The van der Waals surface area contributed by atoms with Gasteiger partial charge in [0.25, 0.3) is 0 Å². The lowest BCUT2D eigenvalue weighted by molar-refractivity contribution is -0.132. The number of benzene rings is 2. The molecular weight excluding hydrogens is 479 g/mol. The Morgan fingerprint density at radius 2 is 1.68 bits per heavy atom. The van der Waals surface area contributed by atoms with Crippen LogP contribution in [0.25, 0.3) is 16.7 Å². The Hall–Kier alpha value is -3.81. The Morgan fingerprint density at radius 3 is 2.39 bits per heavy atom. The van der Waals surface area contributed by atoms with Crippen LogP contribution in [0, 0.1) is 18.2 Å². The first-order valence-electron chi connectivity index (χ1n) is 13.3. The SMILES string of the molecule is Cc1nn(-c2ccc(F)cc2)c2nc(Cc3ccccc3)nc(N3CCCN(C(=O)CC(C)(C)C)CC3)c12. The first kappa shape index (κ1) is 25.8. The van der Waals surface area contributed by atoms with Crippen molar-refractivity contribution in [1.82, 2.24) is 24.6 Å². The number of carbonyl (C=O) groups is 1. The molecule has 0 bridgehead atoms. The lowest BCUT2D eigenvalue weighted by Crippen LogP contribution is -2.37. The highest BCUT2D eigenvalue weighted by atomic mass is 19.1. The van der Waals surface area contributed by atoms with Crippen LogP contribution in [0.1, 0.15) is 50.7 Å². The number of anilines is 1. The molecule has 0 unspecified atom stereocenters. The molecule has 1 aliphatic rings. The van der Waals surface area contributed by atoms with E-state index in [1.807, 2.05) is 30.0 Å². The maximum absolute atomic E-state index is 13.7. The van der Waals surface area contributed by atoms with Crippen molar-refractivity contribution in [2.75, 3.05) is 31.1 Å². The minimum atomic E-state index is -0.294. The molecule has 38 heavy (non-hydrogen) atoms. The van der Waals surface area contributed by atoms with Gasteiger partial charge in [-0.2, -0.15) is 5.10 Å². The predicted molar refractivity (Wildman–Crippen MR) is 148 cm³/mol. The molecule has 1 saturated heterocycles. The Balaban J connectivity index is 1.54. The van der Waals surface area contributed by atoms with Crippen LogP contribution in [0.2, 0.25) is 0 Å². The highest BCUT2D eigenvalue weighted by Gasteiger charge is 2.26. The van der Waals surface area contributed by atoms with Crippen LogP contribution in [0.4, 0.5) is 10.2 Å². The number of halogens is 1. The molecule has 0 radical (unpaired) electrons. The van der Waals surface area contributed by atoms with Crippen molar-refractivity contribution in [3.8, 4) is 5.69 Å². The predicted octanol–water partition coefficient (Wildman–Crippen LogP) is 5.33. The number of fused-ring (bicyclic) bond motifs is 1. The molecule has 0 spiro atoms. The van der Waals surface area contributed by atoms with Crippen molar-refractivity contribution < 1.29 is 9.18 Å². The van der Waals surface area contributed by atoms with E-state index >= 15 is 0 Å². The number of aryl methyl sites for hydroxylation is 1. The van der Waals surface area contributed by atoms with E-state index in [1.54, 1.807) is 16.8 Å². The fourth-order valence-corrected chi connectivity index (χ4v) is 5.00. The standard InChI is InChI=1S/C30H35FN6O/c1-21-27-28(36-16-8-15-35(17-18-36)26(38)20-30(2,3)4)32-25(19-22-9-6-5-7-10-22)33-29(27)37(34-21)24-13-11-23(31)12-14-24/h5-7,9-14H,8,15-20H2,1-4H3. The van der Waals surface area contributed by atoms with E-state index in [2.05, 4.69) is 37.8 Å². The Kier molecular flexibility index (Phi) is 7.15. The monoisotopic (exact) mass is 514 g/mol. The summed E-state index contributed by atoms with van der Waals surface area (Å²) in [6, 6.07) is 16.5. The molecule has 198 valence electrons. The molecule has 0 saturated carbocycles. The van der Waals surface area contributed by atoms with Gasteiger partial charge in [0.2, 0.25) is 5.91 Å². The van der Waals surface area contributed by atoms with Crippen LogP contribution in [0.5, 0.6) is 0 Å². The number of amides is 1. The lowest BCUT2D eigenvalue weighted by atomic mass is 9.91. The molecule has 8 heteroatoms. The first-order valence-corrected chi connectivity index (χ1v) is 13.3. The fraction of sp³-hybridized carbons (Fsp3) is 0.400. The van der Waals surface area contributed by atoms with E-state index in [-0.39, 0.29) is 17.1 Å². The zero-order valence-electron chi connectivity index (χ0n) is 22.6. The average Bonchev–Trinajstić information content (AvgIpc) is 3.03. The third-order valence-corrected chi connectivity index (χ3v) is 6.84. The van der Waals surface area contributed by atoms with Crippen molar-refractivity contribution in [2.45, 2.75) is 47.0 Å². The number of rotatable bonds is 5. The molecular formula is C30H35FN6O. The normalized spacial score (nSPS) is 14.7. The number of nitrogens with zero attached hydrogens (tertiary/aromatic N) is 6. The van der Waals surface area contributed by atoms with E-state index in [0.29, 0.717) is 37.4 Å². The van der Waals surface area contributed by atoms with Crippen LogP contribution >= 0.6 is 0 Å². The summed E-state index contributed by atoms with van der Waals surface area (Å²) < 4.78 is 15.4. The van der Waals surface area contributed by atoms with Crippen molar-refractivity contribution in [3.63, 3.8) is 0 Å². The van der Waals surface area contributed by atoms with Crippen molar-refractivity contribution in [1.29, 1.82) is 0 Å². The lowest BCUT2D eigenvalue weighted by Gasteiger charge is -2.26. The zero-order valence-corrected chi connectivity index (χ0v) is 22.6. The van der Waals surface area contributed by atoms with Gasteiger partial charge in [-0.05, 0) is 48.6 Å². The molecule has 0 N–H and O–H groups in total. The minimum absolute atomic E-state index is 0.0414.